The van der Waals surface area contributed by atoms with Crippen LogP contribution in [0.2, 0.25) is 10.0 Å². The number of imidazole rings is 1. The number of oxime groups is 1. The lowest BCUT2D eigenvalue weighted by Gasteiger charge is -2.09. The summed E-state index contributed by atoms with van der Waals surface area (Å²) in [5.41, 5.74) is 0.901. The van der Waals surface area contributed by atoms with Crippen LogP contribution in [0.5, 0.6) is 0 Å². The maximum Gasteiger partial charge on any atom is 0.365 e. The Balaban J connectivity index is 0.00000300. The number of nitro groups is 1. The van der Waals surface area contributed by atoms with Crippen LogP contribution in [0.3, 0.4) is 0 Å². The third-order valence-corrected chi connectivity index (χ3v) is 4.23. The standard InChI is InChI=1S/C18H12Cl2N4O4.ClH/c19-13-3-6-15(16(20)9-13)17(10-23-8-7-21-11-23)22-28-18(25)12-1-4-14(5-2-12)24(26)27;/h1-9,11H,10H2;1H/b22-17+;. The number of rotatable bonds is 6. The number of aromatic nitrogens is 2. The SMILES string of the molecule is Cl.O=C(O/N=C(\Cn1ccnc1)c1ccc(Cl)cc1Cl)c1ccc([N+](=O)[O-])cc1. The van der Waals surface area contributed by atoms with Crippen LogP contribution in [-0.4, -0.2) is 26.2 Å². The predicted molar refractivity (Wildman–Crippen MR) is 111 cm³/mol. The molecule has 0 N–H and O–H groups in total. The van der Waals surface area contributed by atoms with Crippen molar-refractivity contribution in [1.29, 1.82) is 0 Å². The second-order valence-electron chi connectivity index (χ2n) is 5.58. The van der Waals surface area contributed by atoms with Gasteiger partial charge in [0.2, 0.25) is 0 Å². The Morgan fingerprint density at radius 3 is 2.52 bits per heavy atom. The van der Waals surface area contributed by atoms with Gasteiger partial charge in [0.25, 0.3) is 5.69 Å². The molecule has 0 spiro atoms. The van der Waals surface area contributed by atoms with Crippen molar-refractivity contribution in [3.63, 3.8) is 0 Å². The highest BCUT2D eigenvalue weighted by Gasteiger charge is 2.14. The van der Waals surface area contributed by atoms with Crippen LogP contribution in [0.1, 0.15) is 15.9 Å². The summed E-state index contributed by atoms with van der Waals surface area (Å²) in [5, 5.41) is 15.5. The number of non-ortho nitro benzene ring substituents is 1. The van der Waals surface area contributed by atoms with Crippen molar-refractivity contribution in [1.82, 2.24) is 9.55 Å². The zero-order valence-electron chi connectivity index (χ0n) is 14.6. The molecule has 0 amide bonds. The first-order chi connectivity index (χ1) is 13.4. The Kier molecular flexibility index (Phi) is 7.72. The highest BCUT2D eigenvalue weighted by molar-refractivity contribution is 6.37. The Labute approximate surface area is 181 Å². The minimum atomic E-state index is -0.761. The number of carbonyl (C=O) groups excluding carboxylic acids is 1. The van der Waals surface area contributed by atoms with E-state index >= 15 is 0 Å². The Morgan fingerprint density at radius 1 is 1.21 bits per heavy atom. The second-order valence-corrected chi connectivity index (χ2v) is 6.42. The molecule has 150 valence electrons. The third kappa shape index (κ3) is 5.77. The molecule has 0 fully saturated rings. The number of benzene rings is 2. The van der Waals surface area contributed by atoms with Gasteiger partial charge in [0.05, 0.1) is 28.4 Å². The summed E-state index contributed by atoms with van der Waals surface area (Å²) < 4.78 is 1.73. The zero-order valence-corrected chi connectivity index (χ0v) is 16.9. The fourth-order valence-electron chi connectivity index (χ4n) is 2.31. The van der Waals surface area contributed by atoms with Crippen LogP contribution < -0.4 is 0 Å². The predicted octanol–water partition coefficient (Wildman–Crippen LogP) is 4.78. The van der Waals surface area contributed by atoms with Crippen LogP contribution in [-0.2, 0) is 11.4 Å². The normalized spacial score (nSPS) is 10.9. The summed E-state index contributed by atoms with van der Waals surface area (Å²) >= 11 is 12.2. The molecule has 0 radical (unpaired) electrons. The minimum Gasteiger partial charge on any atom is -0.331 e. The molecule has 1 heterocycles. The van der Waals surface area contributed by atoms with E-state index in [2.05, 4.69) is 10.1 Å². The minimum absolute atomic E-state index is 0. The summed E-state index contributed by atoms with van der Waals surface area (Å²) in [4.78, 5) is 31.4. The monoisotopic (exact) mass is 454 g/mol. The van der Waals surface area contributed by atoms with Crippen molar-refractivity contribution in [3.8, 4) is 0 Å². The van der Waals surface area contributed by atoms with Gasteiger partial charge in [0.15, 0.2) is 0 Å². The highest BCUT2D eigenvalue weighted by Crippen LogP contribution is 2.22. The van der Waals surface area contributed by atoms with Gasteiger partial charge in [0, 0.05) is 35.1 Å². The van der Waals surface area contributed by atoms with Crippen molar-refractivity contribution < 1.29 is 14.6 Å². The third-order valence-electron chi connectivity index (χ3n) is 3.69. The lowest BCUT2D eigenvalue weighted by Crippen LogP contribution is -2.13. The molecule has 0 atom stereocenters. The van der Waals surface area contributed by atoms with Crippen molar-refractivity contribution in [2.24, 2.45) is 5.16 Å². The van der Waals surface area contributed by atoms with Crippen LogP contribution in [0.15, 0.2) is 66.3 Å². The van der Waals surface area contributed by atoms with E-state index in [-0.39, 0.29) is 30.2 Å². The molecule has 0 bridgehead atoms. The molecular formula is C18H13Cl3N4O4. The summed E-state index contributed by atoms with van der Waals surface area (Å²) in [6, 6.07) is 9.87. The molecule has 2 aromatic carbocycles. The van der Waals surface area contributed by atoms with Gasteiger partial charge in [-0.05, 0) is 30.3 Å². The smallest absolute Gasteiger partial charge is 0.331 e. The molecule has 3 rings (SSSR count). The second kappa shape index (κ2) is 10.0. The van der Waals surface area contributed by atoms with E-state index in [1.54, 1.807) is 41.5 Å². The van der Waals surface area contributed by atoms with Crippen LogP contribution in [0.25, 0.3) is 0 Å². The maximum absolute atomic E-state index is 12.2. The summed E-state index contributed by atoms with van der Waals surface area (Å²) in [6.07, 6.45) is 4.90. The van der Waals surface area contributed by atoms with E-state index in [1.807, 2.05) is 0 Å². The quantitative estimate of drug-likeness (QED) is 0.230. The van der Waals surface area contributed by atoms with Gasteiger partial charge >= 0.3 is 5.97 Å². The van der Waals surface area contributed by atoms with Crippen LogP contribution in [0, 0.1) is 10.1 Å². The molecular weight excluding hydrogens is 443 g/mol. The van der Waals surface area contributed by atoms with Crippen molar-refractivity contribution in [2.75, 3.05) is 0 Å². The van der Waals surface area contributed by atoms with Crippen molar-refractivity contribution in [3.05, 3.63) is 92.5 Å². The average molecular weight is 456 g/mol. The van der Waals surface area contributed by atoms with Gasteiger partial charge in [-0.25, -0.2) is 9.78 Å². The summed E-state index contributed by atoms with van der Waals surface area (Å²) in [7, 11) is 0. The molecule has 0 aliphatic heterocycles. The van der Waals surface area contributed by atoms with Gasteiger partial charge in [-0.1, -0.05) is 28.4 Å². The van der Waals surface area contributed by atoms with Gasteiger partial charge in [-0.3, -0.25) is 10.1 Å². The molecule has 11 heteroatoms. The lowest BCUT2D eigenvalue weighted by atomic mass is 10.1. The Morgan fingerprint density at radius 2 is 1.93 bits per heavy atom. The van der Waals surface area contributed by atoms with Crippen LogP contribution in [0.4, 0.5) is 5.69 Å². The maximum atomic E-state index is 12.2. The molecule has 29 heavy (non-hydrogen) atoms. The molecule has 0 saturated heterocycles. The Bertz CT molecular complexity index is 1040. The van der Waals surface area contributed by atoms with Gasteiger partial charge in [-0.2, -0.15) is 0 Å². The molecule has 0 unspecified atom stereocenters. The molecule has 0 aliphatic carbocycles. The first-order valence-corrected chi connectivity index (χ1v) is 8.63. The number of carbonyl (C=O) groups is 1. The number of hydrogen-bond acceptors (Lipinski definition) is 6. The van der Waals surface area contributed by atoms with E-state index < -0.39 is 10.9 Å². The van der Waals surface area contributed by atoms with E-state index in [0.29, 0.717) is 21.3 Å². The lowest BCUT2D eigenvalue weighted by molar-refractivity contribution is -0.384. The fourth-order valence-corrected chi connectivity index (χ4v) is 2.83. The van der Waals surface area contributed by atoms with Gasteiger partial charge in [0.1, 0.15) is 5.71 Å². The zero-order chi connectivity index (χ0) is 20.1. The van der Waals surface area contributed by atoms with E-state index in [0.717, 1.165) is 0 Å². The molecule has 8 nitrogen and oxygen atoms in total. The topological polar surface area (TPSA) is 99.6 Å². The molecule has 0 saturated carbocycles. The largest absolute Gasteiger partial charge is 0.365 e. The van der Waals surface area contributed by atoms with E-state index in [4.69, 9.17) is 28.0 Å². The fraction of sp³-hybridized carbons (Fsp3) is 0.0556. The first-order valence-electron chi connectivity index (χ1n) is 7.88. The Hall–Kier alpha value is -2.94. The van der Waals surface area contributed by atoms with E-state index in [1.165, 1.54) is 24.3 Å². The van der Waals surface area contributed by atoms with Crippen molar-refractivity contribution >= 4 is 53.0 Å². The number of nitro benzene ring substituents is 1. The number of halogens is 3. The van der Waals surface area contributed by atoms with Gasteiger partial charge in [-0.15, -0.1) is 12.4 Å². The first kappa shape index (κ1) is 22.4. The molecule has 0 aliphatic rings. The van der Waals surface area contributed by atoms with E-state index in [9.17, 15) is 14.9 Å². The van der Waals surface area contributed by atoms with Crippen molar-refractivity contribution in [2.45, 2.75) is 6.54 Å². The number of nitrogens with zero attached hydrogens (tertiary/aromatic N) is 4. The summed E-state index contributed by atoms with van der Waals surface area (Å²) in [6.45, 7) is 0.245. The highest BCUT2D eigenvalue weighted by atomic mass is 35.5. The average Bonchev–Trinajstić information content (AvgIpc) is 3.18. The molecule has 3 aromatic rings. The number of hydrogen-bond donors (Lipinski definition) is 0. The van der Waals surface area contributed by atoms with Gasteiger partial charge < -0.3 is 9.40 Å². The van der Waals surface area contributed by atoms with Crippen LogP contribution >= 0.6 is 35.6 Å². The summed E-state index contributed by atoms with van der Waals surface area (Å²) in [5.74, 6) is -0.761. The molecule has 1 aromatic heterocycles.